The molecule has 28 heavy (non-hydrogen) atoms. The lowest BCUT2D eigenvalue weighted by atomic mass is 10.0. The second-order valence-electron chi connectivity index (χ2n) is 7.43. The van der Waals surface area contributed by atoms with Crippen LogP contribution >= 0.6 is 0 Å². The highest BCUT2D eigenvalue weighted by Crippen LogP contribution is 2.31. The second kappa shape index (κ2) is 6.83. The molecule has 144 valence electrons. The summed E-state index contributed by atoms with van der Waals surface area (Å²) in [5.41, 5.74) is 1.78. The van der Waals surface area contributed by atoms with Gasteiger partial charge in [-0.1, -0.05) is 0 Å². The van der Waals surface area contributed by atoms with E-state index in [1.165, 1.54) is 17.6 Å². The maximum absolute atomic E-state index is 10.4. The Labute approximate surface area is 161 Å². The molecule has 2 aliphatic heterocycles. The summed E-state index contributed by atoms with van der Waals surface area (Å²) < 4.78 is 6.03. The zero-order valence-electron chi connectivity index (χ0n) is 15.5. The van der Waals surface area contributed by atoms with Crippen LogP contribution in [0.2, 0.25) is 0 Å². The Morgan fingerprint density at radius 3 is 2.54 bits per heavy atom. The molecule has 0 aliphatic carbocycles. The zero-order valence-corrected chi connectivity index (χ0v) is 15.5. The van der Waals surface area contributed by atoms with Gasteiger partial charge in [-0.3, -0.25) is 0 Å². The summed E-state index contributed by atoms with van der Waals surface area (Å²) in [7, 11) is 0. The number of aryl methyl sites for hydroxylation is 1. The van der Waals surface area contributed by atoms with E-state index >= 15 is 0 Å². The molecule has 5 rings (SSSR count). The van der Waals surface area contributed by atoms with Crippen molar-refractivity contribution in [3.63, 3.8) is 0 Å². The number of phenolic OH excluding ortho intramolecular Hbond substituents is 1. The highest BCUT2D eigenvalue weighted by atomic mass is 16.5. The lowest BCUT2D eigenvalue weighted by Crippen LogP contribution is -2.42. The van der Waals surface area contributed by atoms with E-state index in [0.717, 1.165) is 12.8 Å². The van der Waals surface area contributed by atoms with E-state index in [9.17, 15) is 5.11 Å². The van der Waals surface area contributed by atoms with Gasteiger partial charge >= 0.3 is 0 Å². The molecule has 3 aromatic rings. The molecule has 0 radical (unpaired) electrons. The number of nitrogens with zero attached hydrogens (tertiary/aromatic N) is 6. The van der Waals surface area contributed by atoms with E-state index in [1.54, 1.807) is 25.1 Å². The molecule has 2 saturated heterocycles. The van der Waals surface area contributed by atoms with Gasteiger partial charge < -0.3 is 15.2 Å². The predicted octanol–water partition coefficient (Wildman–Crippen LogP) is 1.80. The SMILES string of the molecule is Cc1nnn(-c2ccc(-c3ccc(OC4CC5CCC(C4)N5)nn3)c(O)c2)n1. The van der Waals surface area contributed by atoms with E-state index in [-0.39, 0.29) is 11.9 Å². The Morgan fingerprint density at radius 1 is 1.07 bits per heavy atom. The van der Waals surface area contributed by atoms with E-state index in [4.69, 9.17) is 4.74 Å². The summed E-state index contributed by atoms with van der Waals surface area (Å²) in [5.74, 6) is 1.16. The van der Waals surface area contributed by atoms with Gasteiger partial charge in [0.25, 0.3) is 0 Å². The van der Waals surface area contributed by atoms with Crippen LogP contribution in [0.5, 0.6) is 11.6 Å². The molecule has 2 aliphatic rings. The van der Waals surface area contributed by atoms with Crippen LogP contribution in [0, 0.1) is 6.92 Å². The standard InChI is InChI=1S/C19H21N7O2/c1-11-21-25-26(24-11)14-4-5-16(18(27)10-14)17-6-7-19(23-22-17)28-15-8-12-2-3-13(9-15)20-12/h4-7,10,12-13,15,20,27H,2-3,8-9H2,1H3. The summed E-state index contributed by atoms with van der Waals surface area (Å²) in [4.78, 5) is 1.37. The van der Waals surface area contributed by atoms with Crippen molar-refractivity contribution in [2.75, 3.05) is 0 Å². The zero-order chi connectivity index (χ0) is 19.1. The van der Waals surface area contributed by atoms with Crippen LogP contribution < -0.4 is 10.1 Å². The van der Waals surface area contributed by atoms with Crippen molar-refractivity contribution in [2.45, 2.75) is 50.8 Å². The van der Waals surface area contributed by atoms with Gasteiger partial charge in [0.1, 0.15) is 11.9 Å². The predicted molar refractivity (Wildman–Crippen MR) is 100 cm³/mol. The number of benzene rings is 1. The fourth-order valence-electron chi connectivity index (χ4n) is 4.05. The van der Waals surface area contributed by atoms with Crippen molar-refractivity contribution in [3.8, 4) is 28.6 Å². The first-order valence-corrected chi connectivity index (χ1v) is 9.51. The molecular formula is C19H21N7O2. The molecule has 2 fully saturated rings. The first kappa shape index (κ1) is 17.1. The number of ether oxygens (including phenoxy) is 1. The monoisotopic (exact) mass is 379 g/mol. The van der Waals surface area contributed by atoms with Crippen molar-refractivity contribution >= 4 is 0 Å². The van der Waals surface area contributed by atoms with Crippen LogP contribution in [0.3, 0.4) is 0 Å². The third-order valence-corrected chi connectivity index (χ3v) is 5.36. The number of tetrazole rings is 1. The number of piperidine rings is 1. The summed E-state index contributed by atoms with van der Waals surface area (Å²) in [6.07, 6.45) is 4.67. The van der Waals surface area contributed by atoms with Crippen LogP contribution in [0.25, 0.3) is 16.9 Å². The Bertz CT molecular complexity index is 976. The number of phenols is 1. The molecule has 2 unspecified atom stereocenters. The van der Waals surface area contributed by atoms with Gasteiger partial charge in [0.05, 0.1) is 11.4 Å². The topological polar surface area (TPSA) is 111 Å². The number of fused-ring (bicyclic) bond motifs is 2. The number of aromatic nitrogens is 6. The average Bonchev–Trinajstić information content (AvgIpc) is 3.27. The van der Waals surface area contributed by atoms with E-state index < -0.39 is 0 Å². The number of hydrogen-bond acceptors (Lipinski definition) is 8. The number of nitrogens with one attached hydrogen (secondary N) is 1. The Kier molecular flexibility index (Phi) is 4.16. The van der Waals surface area contributed by atoms with Crippen molar-refractivity contribution in [3.05, 3.63) is 36.2 Å². The highest BCUT2D eigenvalue weighted by molar-refractivity contribution is 5.68. The molecule has 9 nitrogen and oxygen atoms in total. The average molecular weight is 379 g/mol. The number of aromatic hydroxyl groups is 1. The van der Waals surface area contributed by atoms with E-state index in [1.807, 2.05) is 12.1 Å². The fraction of sp³-hybridized carbons (Fsp3) is 0.421. The quantitative estimate of drug-likeness (QED) is 0.706. The van der Waals surface area contributed by atoms with Crippen molar-refractivity contribution in [1.29, 1.82) is 0 Å². The Morgan fingerprint density at radius 2 is 1.89 bits per heavy atom. The molecular weight excluding hydrogens is 358 g/mol. The molecule has 0 spiro atoms. The second-order valence-corrected chi connectivity index (χ2v) is 7.43. The Hall–Kier alpha value is -3.07. The molecule has 2 N–H and O–H groups in total. The minimum absolute atomic E-state index is 0.0744. The van der Waals surface area contributed by atoms with E-state index in [2.05, 4.69) is 30.9 Å². The summed E-state index contributed by atoms with van der Waals surface area (Å²) in [5, 5.41) is 34.4. The molecule has 2 bridgehead atoms. The number of hydrogen-bond donors (Lipinski definition) is 2. The van der Waals surface area contributed by atoms with Gasteiger partial charge in [-0.05, 0) is 56.0 Å². The summed E-state index contributed by atoms with van der Waals surface area (Å²) >= 11 is 0. The van der Waals surface area contributed by atoms with Crippen molar-refractivity contribution in [2.24, 2.45) is 0 Å². The van der Waals surface area contributed by atoms with Gasteiger partial charge in [0.15, 0.2) is 5.82 Å². The maximum Gasteiger partial charge on any atom is 0.233 e. The van der Waals surface area contributed by atoms with Crippen molar-refractivity contribution in [1.82, 2.24) is 35.7 Å². The van der Waals surface area contributed by atoms with Crippen LogP contribution in [0.15, 0.2) is 30.3 Å². The minimum Gasteiger partial charge on any atom is -0.507 e. The van der Waals surface area contributed by atoms with Gasteiger partial charge in [-0.15, -0.1) is 25.2 Å². The van der Waals surface area contributed by atoms with Crippen LogP contribution in [0.4, 0.5) is 0 Å². The number of rotatable bonds is 4. The van der Waals surface area contributed by atoms with Gasteiger partial charge in [0.2, 0.25) is 5.88 Å². The summed E-state index contributed by atoms with van der Waals surface area (Å²) in [6.45, 7) is 1.76. The molecule has 0 amide bonds. The minimum atomic E-state index is 0.0744. The third kappa shape index (κ3) is 3.29. The van der Waals surface area contributed by atoms with E-state index in [0.29, 0.717) is 40.7 Å². The molecule has 9 heteroatoms. The van der Waals surface area contributed by atoms with Crippen LogP contribution in [-0.4, -0.2) is 53.7 Å². The molecule has 2 atom stereocenters. The van der Waals surface area contributed by atoms with Gasteiger partial charge in [-0.2, -0.15) is 0 Å². The van der Waals surface area contributed by atoms with Crippen molar-refractivity contribution < 1.29 is 9.84 Å². The first-order valence-electron chi connectivity index (χ1n) is 9.51. The lowest BCUT2D eigenvalue weighted by Gasteiger charge is -2.28. The summed E-state index contributed by atoms with van der Waals surface area (Å²) in [6, 6.07) is 9.88. The van der Waals surface area contributed by atoms with Crippen LogP contribution in [-0.2, 0) is 0 Å². The first-order chi connectivity index (χ1) is 13.6. The highest BCUT2D eigenvalue weighted by Gasteiger charge is 2.34. The molecule has 1 aromatic carbocycles. The Balaban J connectivity index is 1.31. The van der Waals surface area contributed by atoms with Gasteiger partial charge in [-0.25, -0.2) is 0 Å². The van der Waals surface area contributed by atoms with Gasteiger partial charge in [0, 0.05) is 29.8 Å². The molecule has 2 aromatic heterocycles. The smallest absolute Gasteiger partial charge is 0.233 e. The van der Waals surface area contributed by atoms with Crippen LogP contribution in [0.1, 0.15) is 31.5 Å². The normalized spacial score (nSPS) is 23.7. The maximum atomic E-state index is 10.4. The molecule has 4 heterocycles. The lowest BCUT2D eigenvalue weighted by molar-refractivity contribution is 0.130. The fourth-order valence-corrected chi connectivity index (χ4v) is 4.05. The third-order valence-electron chi connectivity index (χ3n) is 5.36. The largest absolute Gasteiger partial charge is 0.507 e. The molecule has 0 saturated carbocycles.